The van der Waals surface area contributed by atoms with Gasteiger partial charge in [0.2, 0.25) is 0 Å². The minimum Gasteiger partial charge on any atom is -0.361 e. The molecule has 0 aromatic carbocycles. The molecule has 0 saturated heterocycles. The second kappa shape index (κ2) is 8.20. The molecule has 0 radical (unpaired) electrons. The van der Waals surface area contributed by atoms with Crippen LogP contribution in [0.25, 0.3) is 0 Å². The summed E-state index contributed by atoms with van der Waals surface area (Å²) in [6, 6.07) is 0.407. The number of guanidine groups is 1. The van der Waals surface area contributed by atoms with Crippen LogP contribution in [-0.2, 0) is 6.42 Å². The fourth-order valence-electron chi connectivity index (χ4n) is 2.31. The van der Waals surface area contributed by atoms with E-state index in [0.717, 1.165) is 36.8 Å². The standard InChI is InChI=1S/C17H32N4O/c1-12(8-10-17(4,5)6)20-16(18-7)19-11-9-15-13(2)21-22-14(15)3/h12H,8-11H2,1-7H3,(H2,18,19,20). The average Bonchev–Trinajstić information content (AvgIpc) is 2.74. The molecule has 1 aromatic heterocycles. The van der Waals surface area contributed by atoms with Crippen LogP contribution in [-0.4, -0.2) is 30.8 Å². The van der Waals surface area contributed by atoms with Crippen LogP contribution in [0.3, 0.4) is 0 Å². The maximum absolute atomic E-state index is 5.18. The first-order valence-corrected chi connectivity index (χ1v) is 8.12. The van der Waals surface area contributed by atoms with Gasteiger partial charge in [0.25, 0.3) is 0 Å². The van der Waals surface area contributed by atoms with E-state index in [1.54, 1.807) is 0 Å². The summed E-state index contributed by atoms with van der Waals surface area (Å²) < 4.78 is 5.18. The van der Waals surface area contributed by atoms with Gasteiger partial charge in [-0.15, -0.1) is 0 Å². The van der Waals surface area contributed by atoms with Crippen molar-refractivity contribution in [1.82, 2.24) is 15.8 Å². The van der Waals surface area contributed by atoms with E-state index < -0.39 is 0 Å². The molecule has 2 N–H and O–H groups in total. The maximum Gasteiger partial charge on any atom is 0.191 e. The number of nitrogens with zero attached hydrogens (tertiary/aromatic N) is 2. The molecule has 0 aliphatic rings. The Morgan fingerprint density at radius 2 is 2.00 bits per heavy atom. The Morgan fingerprint density at radius 3 is 2.50 bits per heavy atom. The average molecular weight is 308 g/mol. The molecule has 22 heavy (non-hydrogen) atoms. The first-order valence-electron chi connectivity index (χ1n) is 8.12. The van der Waals surface area contributed by atoms with Crippen LogP contribution in [0.1, 0.15) is 57.6 Å². The summed E-state index contributed by atoms with van der Waals surface area (Å²) in [4.78, 5) is 4.29. The van der Waals surface area contributed by atoms with Crippen LogP contribution < -0.4 is 10.6 Å². The number of rotatable bonds is 6. The lowest BCUT2D eigenvalue weighted by Gasteiger charge is -2.23. The summed E-state index contributed by atoms with van der Waals surface area (Å²) in [6.07, 6.45) is 3.21. The molecule has 0 saturated carbocycles. The topological polar surface area (TPSA) is 62.5 Å². The van der Waals surface area contributed by atoms with Gasteiger partial charge < -0.3 is 15.2 Å². The highest BCUT2D eigenvalue weighted by molar-refractivity contribution is 5.79. The second-order valence-corrected chi connectivity index (χ2v) is 7.20. The molecular formula is C17H32N4O. The van der Waals surface area contributed by atoms with Gasteiger partial charge in [-0.1, -0.05) is 25.9 Å². The number of hydrogen-bond acceptors (Lipinski definition) is 3. The summed E-state index contributed by atoms with van der Waals surface area (Å²) in [5.74, 6) is 1.76. The predicted molar refractivity (Wildman–Crippen MR) is 92.3 cm³/mol. The number of aliphatic imine (C=N–C) groups is 1. The van der Waals surface area contributed by atoms with Crippen molar-refractivity contribution in [3.05, 3.63) is 17.0 Å². The summed E-state index contributed by atoms with van der Waals surface area (Å²) >= 11 is 0. The van der Waals surface area contributed by atoms with Crippen molar-refractivity contribution in [3.8, 4) is 0 Å². The zero-order chi connectivity index (χ0) is 16.8. The summed E-state index contributed by atoms with van der Waals surface area (Å²) in [5.41, 5.74) is 2.53. The zero-order valence-electron chi connectivity index (χ0n) is 15.2. The highest BCUT2D eigenvalue weighted by atomic mass is 16.5. The molecule has 0 bridgehead atoms. The lowest BCUT2D eigenvalue weighted by Crippen LogP contribution is -2.43. The number of aromatic nitrogens is 1. The molecule has 1 heterocycles. The largest absolute Gasteiger partial charge is 0.361 e. The van der Waals surface area contributed by atoms with Crippen molar-refractivity contribution < 1.29 is 4.52 Å². The van der Waals surface area contributed by atoms with E-state index in [0.29, 0.717) is 11.5 Å². The normalized spacial score (nSPS) is 14.0. The molecular weight excluding hydrogens is 276 g/mol. The van der Waals surface area contributed by atoms with Gasteiger partial charge >= 0.3 is 0 Å². The van der Waals surface area contributed by atoms with Gasteiger partial charge in [0.15, 0.2) is 5.96 Å². The SMILES string of the molecule is CN=C(NCCc1c(C)noc1C)NC(C)CCC(C)(C)C. The smallest absolute Gasteiger partial charge is 0.191 e. The molecule has 0 amide bonds. The van der Waals surface area contributed by atoms with Gasteiger partial charge in [0, 0.05) is 25.2 Å². The van der Waals surface area contributed by atoms with Gasteiger partial charge in [0.05, 0.1) is 5.69 Å². The van der Waals surface area contributed by atoms with Crippen LogP contribution >= 0.6 is 0 Å². The van der Waals surface area contributed by atoms with Crippen molar-refractivity contribution in [1.29, 1.82) is 0 Å². The van der Waals surface area contributed by atoms with Crippen molar-refractivity contribution in [2.45, 2.75) is 66.8 Å². The molecule has 1 atom stereocenters. The quantitative estimate of drug-likeness (QED) is 0.626. The van der Waals surface area contributed by atoms with Gasteiger partial charge in [-0.25, -0.2) is 0 Å². The molecule has 1 unspecified atom stereocenters. The second-order valence-electron chi connectivity index (χ2n) is 7.20. The Morgan fingerprint density at radius 1 is 1.32 bits per heavy atom. The third kappa shape index (κ3) is 6.50. The van der Waals surface area contributed by atoms with Crippen molar-refractivity contribution in [2.75, 3.05) is 13.6 Å². The fourth-order valence-corrected chi connectivity index (χ4v) is 2.31. The molecule has 0 aliphatic carbocycles. The van der Waals surface area contributed by atoms with Gasteiger partial charge in [-0.3, -0.25) is 4.99 Å². The number of hydrogen-bond donors (Lipinski definition) is 2. The van der Waals surface area contributed by atoms with E-state index in [-0.39, 0.29) is 0 Å². The van der Waals surface area contributed by atoms with Crippen LogP contribution in [0.15, 0.2) is 9.52 Å². The van der Waals surface area contributed by atoms with Crippen LogP contribution in [0.4, 0.5) is 0 Å². The monoisotopic (exact) mass is 308 g/mol. The summed E-state index contributed by atoms with van der Waals surface area (Å²) in [7, 11) is 1.81. The first-order chi connectivity index (χ1) is 10.2. The van der Waals surface area contributed by atoms with Crippen molar-refractivity contribution >= 4 is 5.96 Å². The van der Waals surface area contributed by atoms with E-state index in [9.17, 15) is 0 Å². The first kappa shape index (κ1) is 18.5. The van der Waals surface area contributed by atoms with Crippen molar-refractivity contribution in [3.63, 3.8) is 0 Å². The Labute approximate surface area is 135 Å². The molecule has 5 nitrogen and oxygen atoms in total. The Bertz CT molecular complexity index is 466. The Kier molecular flexibility index (Phi) is 6.91. The van der Waals surface area contributed by atoms with Gasteiger partial charge in [0.1, 0.15) is 5.76 Å². The third-order valence-electron chi connectivity index (χ3n) is 3.78. The molecule has 0 spiro atoms. The number of aryl methyl sites for hydroxylation is 2. The fraction of sp³-hybridized carbons (Fsp3) is 0.765. The molecule has 0 aliphatic heterocycles. The molecule has 1 aromatic rings. The molecule has 1 rings (SSSR count). The molecule has 0 fully saturated rings. The van der Waals surface area contributed by atoms with Crippen LogP contribution in [0.2, 0.25) is 0 Å². The lowest BCUT2D eigenvalue weighted by atomic mass is 9.89. The van der Waals surface area contributed by atoms with E-state index in [1.165, 1.54) is 12.0 Å². The van der Waals surface area contributed by atoms with Crippen LogP contribution in [0, 0.1) is 19.3 Å². The van der Waals surface area contributed by atoms with Crippen LogP contribution in [0.5, 0.6) is 0 Å². The highest BCUT2D eigenvalue weighted by Crippen LogP contribution is 2.21. The zero-order valence-corrected chi connectivity index (χ0v) is 15.2. The van der Waals surface area contributed by atoms with E-state index in [4.69, 9.17) is 4.52 Å². The third-order valence-corrected chi connectivity index (χ3v) is 3.78. The summed E-state index contributed by atoms with van der Waals surface area (Å²) in [6.45, 7) is 13.8. The lowest BCUT2D eigenvalue weighted by molar-refractivity contribution is 0.346. The maximum atomic E-state index is 5.18. The van der Waals surface area contributed by atoms with Crippen molar-refractivity contribution in [2.24, 2.45) is 10.4 Å². The van der Waals surface area contributed by atoms with Gasteiger partial charge in [-0.2, -0.15) is 0 Å². The van der Waals surface area contributed by atoms with E-state index >= 15 is 0 Å². The van der Waals surface area contributed by atoms with Gasteiger partial charge in [-0.05, 0) is 45.4 Å². The molecule has 5 heteroatoms. The minimum atomic E-state index is 0.371. The Hall–Kier alpha value is -1.52. The molecule has 126 valence electrons. The summed E-state index contributed by atoms with van der Waals surface area (Å²) in [5, 5.41) is 10.8. The number of nitrogens with one attached hydrogen (secondary N) is 2. The van der Waals surface area contributed by atoms with E-state index in [1.807, 2.05) is 20.9 Å². The Balaban J connectivity index is 2.37. The van der Waals surface area contributed by atoms with E-state index in [2.05, 4.69) is 48.5 Å². The predicted octanol–water partition coefficient (Wildman–Crippen LogP) is 3.21. The highest BCUT2D eigenvalue weighted by Gasteiger charge is 2.13. The minimum absolute atomic E-state index is 0.371.